The van der Waals surface area contributed by atoms with Gasteiger partial charge in [0.15, 0.2) is 0 Å². The number of rotatable bonds is 6. The SMILES string of the molecule is CCC[C@H]1CC[C@H](CCC2CCC([C@H]3CC[C@H](O)CC3)CC2)CC1. The lowest BCUT2D eigenvalue weighted by molar-refractivity contribution is 0.0757. The number of aliphatic hydroxyl groups is 1. The molecule has 0 aromatic carbocycles. The molecule has 0 aromatic rings. The Hall–Kier alpha value is -0.0400. The van der Waals surface area contributed by atoms with Crippen LogP contribution < -0.4 is 0 Å². The molecule has 0 amide bonds. The van der Waals surface area contributed by atoms with Crippen molar-refractivity contribution in [2.24, 2.45) is 29.6 Å². The van der Waals surface area contributed by atoms with Crippen molar-refractivity contribution < 1.29 is 5.11 Å². The molecule has 0 heterocycles. The molecule has 3 aliphatic carbocycles. The summed E-state index contributed by atoms with van der Waals surface area (Å²) in [6.07, 6.45) is 22.8. The highest BCUT2D eigenvalue weighted by atomic mass is 16.3. The summed E-state index contributed by atoms with van der Waals surface area (Å²) in [6, 6.07) is 0. The highest BCUT2D eigenvalue weighted by molar-refractivity contribution is 4.82. The number of hydrogen-bond acceptors (Lipinski definition) is 1. The fraction of sp³-hybridized carbons (Fsp3) is 1.00. The van der Waals surface area contributed by atoms with Crippen LogP contribution in [0, 0.1) is 29.6 Å². The summed E-state index contributed by atoms with van der Waals surface area (Å²) in [7, 11) is 0. The Morgan fingerprint density at radius 2 is 0.917 bits per heavy atom. The first kappa shape index (κ1) is 18.7. The van der Waals surface area contributed by atoms with Crippen molar-refractivity contribution in [1.82, 2.24) is 0 Å². The Morgan fingerprint density at radius 3 is 1.38 bits per heavy atom. The average Bonchev–Trinajstić information content (AvgIpc) is 2.63. The highest BCUT2D eigenvalue weighted by Gasteiger charge is 2.30. The van der Waals surface area contributed by atoms with Crippen molar-refractivity contribution in [3.05, 3.63) is 0 Å². The van der Waals surface area contributed by atoms with Crippen LogP contribution in [0.3, 0.4) is 0 Å². The third-order valence-electron chi connectivity index (χ3n) is 7.95. The first-order valence-corrected chi connectivity index (χ1v) is 11.4. The molecule has 0 atom stereocenters. The summed E-state index contributed by atoms with van der Waals surface area (Å²) >= 11 is 0. The lowest BCUT2D eigenvalue weighted by Crippen LogP contribution is -2.27. The van der Waals surface area contributed by atoms with Gasteiger partial charge in [-0.1, -0.05) is 71.1 Å². The van der Waals surface area contributed by atoms with Gasteiger partial charge < -0.3 is 5.11 Å². The van der Waals surface area contributed by atoms with Crippen molar-refractivity contribution in [2.75, 3.05) is 0 Å². The van der Waals surface area contributed by atoms with Crippen LogP contribution in [0.2, 0.25) is 0 Å². The average molecular weight is 335 g/mol. The number of hydrogen-bond donors (Lipinski definition) is 1. The Balaban J connectivity index is 1.29. The summed E-state index contributed by atoms with van der Waals surface area (Å²) in [5.41, 5.74) is 0. The van der Waals surface area contributed by atoms with Crippen LogP contribution in [0.5, 0.6) is 0 Å². The first-order valence-electron chi connectivity index (χ1n) is 11.4. The lowest BCUT2D eigenvalue weighted by atomic mass is 9.69. The van der Waals surface area contributed by atoms with Gasteiger partial charge in [-0.2, -0.15) is 0 Å². The van der Waals surface area contributed by atoms with Crippen molar-refractivity contribution in [3.8, 4) is 0 Å². The Morgan fingerprint density at radius 1 is 0.542 bits per heavy atom. The van der Waals surface area contributed by atoms with E-state index in [2.05, 4.69) is 6.92 Å². The van der Waals surface area contributed by atoms with Crippen molar-refractivity contribution >= 4 is 0 Å². The molecule has 0 aliphatic heterocycles. The molecule has 140 valence electrons. The maximum Gasteiger partial charge on any atom is 0.0540 e. The predicted octanol–water partition coefficient (Wildman–Crippen LogP) is 6.73. The van der Waals surface area contributed by atoms with Crippen LogP contribution in [-0.2, 0) is 0 Å². The van der Waals surface area contributed by atoms with Gasteiger partial charge in [0.05, 0.1) is 6.10 Å². The summed E-state index contributed by atoms with van der Waals surface area (Å²) in [5, 5.41) is 9.71. The largest absolute Gasteiger partial charge is 0.393 e. The van der Waals surface area contributed by atoms with Gasteiger partial charge in [-0.15, -0.1) is 0 Å². The molecule has 3 aliphatic rings. The van der Waals surface area contributed by atoms with Gasteiger partial charge in [-0.3, -0.25) is 0 Å². The van der Waals surface area contributed by atoms with Crippen molar-refractivity contribution in [2.45, 2.75) is 116 Å². The standard InChI is InChI=1S/C23H42O/c1-2-3-18-4-6-19(7-5-18)8-9-20-10-12-21(13-11-20)22-14-16-23(24)17-15-22/h18-24H,2-17H2,1H3/t18-,19-,20?,21?,22-,23-. The smallest absolute Gasteiger partial charge is 0.0540 e. The first-order chi connectivity index (χ1) is 11.7. The van der Waals surface area contributed by atoms with E-state index in [-0.39, 0.29) is 6.10 Å². The second kappa shape index (κ2) is 9.60. The van der Waals surface area contributed by atoms with E-state index in [0.29, 0.717) is 0 Å². The molecule has 1 nitrogen and oxygen atoms in total. The molecular formula is C23H42O. The molecule has 3 fully saturated rings. The Bertz CT molecular complexity index is 328. The molecule has 0 saturated heterocycles. The third kappa shape index (κ3) is 5.48. The van der Waals surface area contributed by atoms with Crippen LogP contribution in [0.25, 0.3) is 0 Å². The van der Waals surface area contributed by atoms with E-state index in [1.807, 2.05) is 0 Å². The quantitative estimate of drug-likeness (QED) is 0.571. The van der Waals surface area contributed by atoms with Gasteiger partial charge in [-0.05, 0) is 68.1 Å². The van der Waals surface area contributed by atoms with Gasteiger partial charge in [0.1, 0.15) is 0 Å². The minimum Gasteiger partial charge on any atom is -0.393 e. The molecule has 24 heavy (non-hydrogen) atoms. The molecule has 1 N–H and O–H groups in total. The topological polar surface area (TPSA) is 20.2 Å². The summed E-state index contributed by atoms with van der Waals surface area (Å²) < 4.78 is 0. The Labute approximate surface area is 151 Å². The zero-order chi connectivity index (χ0) is 16.8. The monoisotopic (exact) mass is 334 g/mol. The minimum absolute atomic E-state index is 0.0185. The molecule has 3 rings (SSSR count). The van der Waals surface area contributed by atoms with Gasteiger partial charge in [0.25, 0.3) is 0 Å². The van der Waals surface area contributed by atoms with Gasteiger partial charge in [-0.25, -0.2) is 0 Å². The van der Waals surface area contributed by atoms with Crippen LogP contribution >= 0.6 is 0 Å². The van der Waals surface area contributed by atoms with E-state index < -0.39 is 0 Å². The van der Waals surface area contributed by atoms with E-state index in [1.54, 1.807) is 0 Å². The third-order valence-corrected chi connectivity index (χ3v) is 7.95. The molecule has 0 aromatic heterocycles. The Kier molecular flexibility index (Phi) is 7.50. The zero-order valence-corrected chi connectivity index (χ0v) is 16.2. The minimum atomic E-state index is 0.0185. The molecule has 0 radical (unpaired) electrons. The van der Waals surface area contributed by atoms with E-state index in [0.717, 1.165) is 42.4 Å². The predicted molar refractivity (Wildman–Crippen MR) is 103 cm³/mol. The van der Waals surface area contributed by atoms with Crippen LogP contribution in [0.1, 0.15) is 110 Å². The fourth-order valence-electron chi connectivity index (χ4n) is 6.21. The van der Waals surface area contributed by atoms with E-state index in [4.69, 9.17) is 0 Å². The molecule has 0 bridgehead atoms. The molecule has 3 saturated carbocycles. The van der Waals surface area contributed by atoms with E-state index in [9.17, 15) is 5.11 Å². The van der Waals surface area contributed by atoms with Crippen LogP contribution in [0.4, 0.5) is 0 Å². The van der Waals surface area contributed by atoms with E-state index >= 15 is 0 Å². The maximum absolute atomic E-state index is 9.71. The lowest BCUT2D eigenvalue weighted by Gasteiger charge is -2.37. The number of aliphatic hydroxyl groups excluding tert-OH is 1. The van der Waals surface area contributed by atoms with Gasteiger partial charge in [0, 0.05) is 0 Å². The molecule has 0 unspecified atom stereocenters. The summed E-state index contributed by atoms with van der Waals surface area (Å²) in [5.74, 6) is 5.12. The fourth-order valence-corrected chi connectivity index (χ4v) is 6.21. The molecular weight excluding hydrogens is 292 g/mol. The summed E-state index contributed by atoms with van der Waals surface area (Å²) in [6.45, 7) is 2.35. The summed E-state index contributed by atoms with van der Waals surface area (Å²) in [4.78, 5) is 0. The van der Waals surface area contributed by atoms with Crippen LogP contribution in [-0.4, -0.2) is 11.2 Å². The van der Waals surface area contributed by atoms with Crippen molar-refractivity contribution in [1.29, 1.82) is 0 Å². The highest BCUT2D eigenvalue weighted by Crippen LogP contribution is 2.42. The normalized spacial score (nSPS) is 41.2. The zero-order valence-electron chi connectivity index (χ0n) is 16.2. The van der Waals surface area contributed by atoms with Crippen molar-refractivity contribution in [3.63, 3.8) is 0 Å². The molecule has 0 spiro atoms. The van der Waals surface area contributed by atoms with Gasteiger partial charge >= 0.3 is 0 Å². The maximum atomic E-state index is 9.71. The van der Waals surface area contributed by atoms with E-state index in [1.165, 1.54) is 89.9 Å². The second-order valence-corrected chi connectivity index (χ2v) is 9.60. The van der Waals surface area contributed by atoms with Crippen LogP contribution in [0.15, 0.2) is 0 Å². The van der Waals surface area contributed by atoms with Gasteiger partial charge in [0.2, 0.25) is 0 Å². The second-order valence-electron chi connectivity index (χ2n) is 9.60. The molecule has 1 heteroatoms.